The van der Waals surface area contributed by atoms with Crippen LogP contribution in [0, 0.1) is 11.8 Å². The Morgan fingerprint density at radius 2 is 2.41 bits per heavy atom. The van der Waals surface area contributed by atoms with E-state index in [9.17, 15) is 4.79 Å². The van der Waals surface area contributed by atoms with Gasteiger partial charge in [-0.25, -0.2) is 4.98 Å². The minimum atomic E-state index is -0.758. The Kier molecular flexibility index (Phi) is 2.16. The van der Waals surface area contributed by atoms with Crippen LogP contribution in [0.5, 0.6) is 0 Å². The molecule has 88 valence electrons. The summed E-state index contributed by atoms with van der Waals surface area (Å²) in [5, 5.41) is 8.87. The number of nitrogens with zero attached hydrogens (tertiary/aromatic N) is 1. The van der Waals surface area contributed by atoms with Gasteiger partial charge in [-0.15, -0.1) is 0 Å². The first-order valence-corrected chi connectivity index (χ1v) is 5.48. The van der Waals surface area contributed by atoms with Gasteiger partial charge in [0.2, 0.25) is 0 Å². The molecule has 1 aromatic carbocycles. The molecule has 0 spiro atoms. The number of carbonyl (C=O) groups is 1. The number of hydrogen-bond acceptors (Lipinski definition) is 4. The molecule has 1 fully saturated rings. The first-order chi connectivity index (χ1) is 8.16. The molecule has 3 unspecified atom stereocenters. The van der Waals surface area contributed by atoms with Crippen molar-refractivity contribution in [1.82, 2.24) is 4.98 Å². The van der Waals surface area contributed by atoms with Gasteiger partial charge >= 0.3 is 5.97 Å². The standard InChI is InChI=1S/C12H12N2O3/c13-11(7-4-8(7)12(15)16)6-1-2-9-10(3-6)17-5-14-9/h1-3,5,7-8,11H,4,13H2,(H,15,16). The highest BCUT2D eigenvalue weighted by atomic mass is 16.4. The van der Waals surface area contributed by atoms with Crippen molar-refractivity contribution in [1.29, 1.82) is 0 Å². The number of fused-ring (bicyclic) bond motifs is 1. The van der Waals surface area contributed by atoms with E-state index in [0.29, 0.717) is 12.0 Å². The van der Waals surface area contributed by atoms with Crippen LogP contribution < -0.4 is 5.73 Å². The Balaban J connectivity index is 1.86. The van der Waals surface area contributed by atoms with Gasteiger partial charge in [-0.2, -0.15) is 0 Å². The van der Waals surface area contributed by atoms with Gasteiger partial charge < -0.3 is 15.3 Å². The predicted molar refractivity (Wildman–Crippen MR) is 60.2 cm³/mol. The molecule has 0 aliphatic heterocycles. The van der Waals surface area contributed by atoms with Crippen LogP contribution in [0.25, 0.3) is 11.1 Å². The highest BCUT2D eigenvalue weighted by Gasteiger charge is 2.47. The second-order valence-corrected chi connectivity index (χ2v) is 4.45. The largest absolute Gasteiger partial charge is 0.481 e. The summed E-state index contributed by atoms with van der Waals surface area (Å²) < 4.78 is 5.20. The van der Waals surface area contributed by atoms with Crippen molar-refractivity contribution in [3.8, 4) is 0 Å². The SMILES string of the molecule is NC(c1ccc2ncoc2c1)C1CC1C(=O)O. The molecule has 3 N–H and O–H groups in total. The van der Waals surface area contributed by atoms with Gasteiger partial charge in [0.05, 0.1) is 5.92 Å². The van der Waals surface area contributed by atoms with Crippen LogP contribution in [0.15, 0.2) is 29.0 Å². The highest BCUT2D eigenvalue weighted by molar-refractivity contribution is 5.75. The Morgan fingerprint density at radius 1 is 1.59 bits per heavy atom. The van der Waals surface area contributed by atoms with Gasteiger partial charge in [-0.05, 0) is 30.0 Å². The molecule has 2 aromatic rings. The lowest BCUT2D eigenvalue weighted by Gasteiger charge is -2.10. The number of rotatable bonds is 3. The minimum absolute atomic E-state index is 0.0351. The number of aromatic nitrogens is 1. The minimum Gasteiger partial charge on any atom is -0.481 e. The zero-order valence-electron chi connectivity index (χ0n) is 9.04. The Hall–Kier alpha value is -1.88. The third kappa shape index (κ3) is 1.68. The molecule has 3 rings (SSSR count). The monoisotopic (exact) mass is 232 g/mol. The maximum absolute atomic E-state index is 10.8. The molecule has 1 aromatic heterocycles. The summed E-state index contributed by atoms with van der Waals surface area (Å²) >= 11 is 0. The van der Waals surface area contributed by atoms with Gasteiger partial charge in [-0.1, -0.05) is 6.07 Å². The maximum Gasteiger partial charge on any atom is 0.306 e. The molecule has 1 aliphatic rings. The van der Waals surface area contributed by atoms with Crippen LogP contribution in [0.2, 0.25) is 0 Å². The summed E-state index contributed by atoms with van der Waals surface area (Å²) in [6.07, 6.45) is 2.04. The summed E-state index contributed by atoms with van der Waals surface area (Å²) in [6, 6.07) is 5.31. The van der Waals surface area contributed by atoms with Gasteiger partial charge in [0, 0.05) is 6.04 Å². The molecule has 1 heterocycles. The summed E-state index contributed by atoms with van der Waals surface area (Å²) in [7, 11) is 0. The molecule has 0 bridgehead atoms. The average Bonchev–Trinajstić information content (AvgIpc) is 2.99. The Labute approximate surface area is 97.2 Å². The van der Waals surface area contributed by atoms with Crippen molar-refractivity contribution < 1.29 is 14.3 Å². The van der Waals surface area contributed by atoms with Crippen LogP contribution in [0.4, 0.5) is 0 Å². The van der Waals surface area contributed by atoms with E-state index in [1.165, 1.54) is 6.39 Å². The van der Waals surface area contributed by atoms with Crippen LogP contribution >= 0.6 is 0 Å². The van der Waals surface area contributed by atoms with E-state index in [4.69, 9.17) is 15.3 Å². The normalized spacial score (nSPS) is 24.8. The molecule has 1 aliphatic carbocycles. The van der Waals surface area contributed by atoms with E-state index in [-0.39, 0.29) is 17.9 Å². The molecular formula is C12H12N2O3. The highest BCUT2D eigenvalue weighted by Crippen LogP contribution is 2.46. The molecule has 0 amide bonds. The third-order valence-corrected chi connectivity index (χ3v) is 3.36. The molecule has 0 radical (unpaired) electrons. The molecule has 1 saturated carbocycles. The van der Waals surface area contributed by atoms with Gasteiger partial charge in [-0.3, -0.25) is 4.79 Å². The average molecular weight is 232 g/mol. The second-order valence-electron chi connectivity index (χ2n) is 4.45. The lowest BCUT2D eigenvalue weighted by atomic mass is 10.0. The number of carboxylic acids is 1. The van der Waals surface area contributed by atoms with E-state index >= 15 is 0 Å². The Morgan fingerprint density at radius 3 is 3.12 bits per heavy atom. The summed E-state index contributed by atoms with van der Waals surface area (Å²) in [6.45, 7) is 0. The van der Waals surface area contributed by atoms with E-state index in [1.54, 1.807) is 0 Å². The fraction of sp³-hybridized carbons (Fsp3) is 0.333. The first-order valence-electron chi connectivity index (χ1n) is 5.48. The number of benzene rings is 1. The van der Waals surface area contributed by atoms with Crippen molar-refractivity contribution in [3.05, 3.63) is 30.2 Å². The molecule has 3 atom stereocenters. The maximum atomic E-state index is 10.8. The van der Waals surface area contributed by atoms with Gasteiger partial charge in [0.15, 0.2) is 12.0 Å². The Bertz CT molecular complexity index is 578. The van der Waals surface area contributed by atoms with E-state index in [2.05, 4.69) is 4.98 Å². The topological polar surface area (TPSA) is 89.4 Å². The zero-order chi connectivity index (χ0) is 12.0. The number of aliphatic carboxylic acids is 1. The van der Waals surface area contributed by atoms with Crippen molar-refractivity contribution >= 4 is 17.1 Å². The summed E-state index contributed by atoms with van der Waals surface area (Å²) in [5.74, 6) is -1.02. The summed E-state index contributed by atoms with van der Waals surface area (Å²) in [5.41, 5.74) is 8.44. The van der Waals surface area contributed by atoms with Gasteiger partial charge in [0.1, 0.15) is 5.52 Å². The number of carboxylic acid groups (broad SMARTS) is 1. The molecule has 5 nitrogen and oxygen atoms in total. The van der Waals surface area contributed by atoms with Crippen molar-refractivity contribution in [2.75, 3.05) is 0 Å². The van der Waals surface area contributed by atoms with E-state index < -0.39 is 5.97 Å². The van der Waals surface area contributed by atoms with Crippen LogP contribution in [0.1, 0.15) is 18.0 Å². The van der Waals surface area contributed by atoms with E-state index in [0.717, 1.165) is 11.1 Å². The predicted octanol–water partition coefficient (Wildman–Crippen LogP) is 1.55. The third-order valence-electron chi connectivity index (χ3n) is 3.36. The van der Waals surface area contributed by atoms with Crippen molar-refractivity contribution in [2.45, 2.75) is 12.5 Å². The van der Waals surface area contributed by atoms with E-state index in [1.807, 2.05) is 18.2 Å². The van der Waals surface area contributed by atoms with Crippen molar-refractivity contribution in [3.63, 3.8) is 0 Å². The molecular weight excluding hydrogens is 220 g/mol. The molecule has 5 heteroatoms. The lowest BCUT2D eigenvalue weighted by molar-refractivity contribution is -0.138. The van der Waals surface area contributed by atoms with Crippen LogP contribution in [0.3, 0.4) is 0 Å². The number of hydrogen-bond donors (Lipinski definition) is 2. The second kappa shape index (κ2) is 3.56. The lowest BCUT2D eigenvalue weighted by Crippen LogP contribution is -2.15. The zero-order valence-corrected chi connectivity index (χ0v) is 9.04. The fourth-order valence-electron chi connectivity index (χ4n) is 2.22. The van der Waals surface area contributed by atoms with Crippen LogP contribution in [-0.4, -0.2) is 16.1 Å². The van der Waals surface area contributed by atoms with Crippen molar-refractivity contribution in [2.24, 2.45) is 17.6 Å². The number of nitrogens with two attached hydrogens (primary N) is 1. The molecule has 17 heavy (non-hydrogen) atoms. The fourth-order valence-corrected chi connectivity index (χ4v) is 2.22. The van der Waals surface area contributed by atoms with Crippen LogP contribution in [-0.2, 0) is 4.79 Å². The van der Waals surface area contributed by atoms with Gasteiger partial charge in [0.25, 0.3) is 0 Å². The molecule has 0 saturated heterocycles. The number of oxazole rings is 1. The smallest absolute Gasteiger partial charge is 0.306 e. The quantitative estimate of drug-likeness (QED) is 0.837. The first kappa shape index (κ1) is 10.3. The summed E-state index contributed by atoms with van der Waals surface area (Å²) in [4.78, 5) is 14.8.